The van der Waals surface area contributed by atoms with Crippen LogP contribution in [-0.2, 0) is 10.9 Å². The third kappa shape index (κ3) is 3.51. The number of rotatable bonds is 7. The van der Waals surface area contributed by atoms with E-state index >= 15 is 0 Å². The Bertz CT molecular complexity index is 416. The summed E-state index contributed by atoms with van der Waals surface area (Å²) in [4.78, 5) is 4.05. The molecular formula is C13H21F3N2OS. The summed E-state index contributed by atoms with van der Waals surface area (Å²) < 4.78 is 43.9. The van der Waals surface area contributed by atoms with Gasteiger partial charge in [-0.05, 0) is 26.8 Å². The van der Waals surface area contributed by atoms with E-state index in [0.717, 1.165) is 0 Å². The molecule has 20 heavy (non-hydrogen) atoms. The molecule has 116 valence electrons. The first-order valence-electron chi connectivity index (χ1n) is 6.68. The van der Waals surface area contributed by atoms with Crippen molar-refractivity contribution in [3.63, 3.8) is 0 Å². The van der Waals surface area contributed by atoms with Crippen LogP contribution in [0.1, 0.15) is 49.5 Å². The number of hydrogen-bond acceptors (Lipinski definition) is 4. The van der Waals surface area contributed by atoms with E-state index in [1.54, 1.807) is 7.05 Å². The Morgan fingerprint density at radius 3 is 2.25 bits per heavy atom. The van der Waals surface area contributed by atoms with Crippen molar-refractivity contribution in [2.75, 3.05) is 13.7 Å². The normalized spacial score (nSPS) is 14.6. The Hall–Kier alpha value is -0.660. The fourth-order valence-corrected chi connectivity index (χ4v) is 3.45. The second-order valence-electron chi connectivity index (χ2n) is 4.49. The molecule has 0 fully saturated rings. The van der Waals surface area contributed by atoms with Crippen molar-refractivity contribution in [1.82, 2.24) is 10.3 Å². The quantitative estimate of drug-likeness (QED) is 0.826. The molecule has 0 aliphatic carbocycles. The maximum atomic E-state index is 12.7. The maximum Gasteiger partial charge on any atom is 0.443 e. The van der Waals surface area contributed by atoms with Gasteiger partial charge < -0.3 is 10.1 Å². The number of alkyl halides is 3. The van der Waals surface area contributed by atoms with Crippen LogP contribution >= 0.6 is 11.3 Å². The Labute approximate surface area is 121 Å². The van der Waals surface area contributed by atoms with Gasteiger partial charge in [-0.1, -0.05) is 13.8 Å². The third-order valence-electron chi connectivity index (χ3n) is 3.49. The third-order valence-corrected chi connectivity index (χ3v) is 4.60. The number of nitrogens with one attached hydrogen (secondary N) is 1. The van der Waals surface area contributed by atoms with Gasteiger partial charge in [0, 0.05) is 17.7 Å². The fourth-order valence-electron chi connectivity index (χ4n) is 2.45. The topological polar surface area (TPSA) is 34.1 Å². The largest absolute Gasteiger partial charge is 0.443 e. The summed E-state index contributed by atoms with van der Waals surface area (Å²) in [7, 11) is 1.73. The van der Waals surface area contributed by atoms with Gasteiger partial charge in [-0.3, -0.25) is 0 Å². The minimum Gasteiger partial charge on any atom is -0.373 e. The van der Waals surface area contributed by atoms with E-state index in [4.69, 9.17) is 4.74 Å². The first-order chi connectivity index (χ1) is 9.34. The van der Waals surface area contributed by atoms with Gasteiger partial charge in [0.05, 0.1) is 11.6 Å². The molecule has 0 bridgehead atoms. The minimum atomic E-state index is -4.39. The first kappa shape index (κ1) is 17.4. The highest BCUT2D eigenvalue weighted by atomic mass is 32.1. The molecule has 0 aliphatic rings. The first-order valence-corrected chi connectivity index (χ1v) is 7.50. The van der Waals surface area contributed by atoms with Gasteiger partial charge in [0.1, 0.15) is 0 Å². The molecule has 1 aromatic rings. The van der Waals surface area contributed by atoms with Crippen molar-refractivity contribution >= 4 is 11.3 Å². The van der Waals surface area contributed by atoms with Crippen molar-refractivity contribution in [2.24, 2.45) is 0 Å². The maximum absolute atomic E-state index is 12.7. The van der Waals surface area contributed by atoms with E-state index in [0.29, 0.717) is 35.7 Å². The predicted octanol–water partition coefficient (Wildman–Crippen LogP) is 4.02. The van der Waals surface area contributed by atoms with Crippen LogP contribution < -0.4 is 5.32 Å². The minimum absolute atomic E-state index is 0.300. The molecule has 7 heteroatoms. The molecule has 0 amide bonds. The standard InChI is InChI=1S/C13H21F3N2OS/c1-5-12(6-2,19-7-3)10(17-4)9-8-18-11(20-9)13(14,15)16/h8,10,17H,5-7H2,1-4H3. The average Bonchev–Trinajstić information content (AvgIpc) is 2.87. The molecule has 0 aliphatic heterocycles. The van der Waals surface area contributed by atoms with Gasteiger partial charge in [-0.2, -0.15) is 13.2 Å². The molecule has 1 heterocycles. The van der Waals surface area contributed by atoms with Gasteiger partial charge in [-0.15, -0.1) is 11.3 Å². The Balaban J connectivity index is 3.14. The van der Waals surface area contributed by atoms with Crippen LogP contribution in [-0.4, -0.2) is 24.2 Å². The van der Waals surface area contributed by atoms with E-state index in [2.05, 4.69) is 10.3 Å². The second kappa shape index (κ2) is 6.87. The summed E-state index contributed by atoms with van der Waals surface area (Å²) in [6.45, 7) is 6.37. The van der Waals surface area contributed by atoms with Crippen LogP contribution in [0.15, 0.2) is 6.20 Å². The summed E-state index contributed by atoms with van der Waals surface area (Å²) in [6, 6.07) is -0.300. The van der Waals surface area contributed by atoms with Gasteiger partial charge >= 0.3 is 6.18 Å². The lowest BCUT2D eigenvalue weighted by atomic mass is 9.87. The van der Waals surface area contributed by atoms with Crippen molar-refractivity contribution < 1.29 is 17.9 Å². The Kier molecular flexibility index (Phi) is 5.97. The molecule has 1 atom stereocenters. The highest BCUT2D eigenvalue weighted by Gasteiger charge is 2.40. The summed E-state index contributed by atoms with van der Waals surface area (Å²) in [5.41, 5.74) is -0.515. The summed E-state index contributed by atoms with van der Waals surface area (Å²) in [5.74, 6) is 0. The molecular weight excluding hydrogens is 289 g/mol. The molecule has 0 radical (unpaired) electrons. The molecule has 1 aromatic heterocycles. The van der Waals surface area contributed by atoms with Crippen molar-refractivity contribution in [1.29, 1.82) is 0 Å². The average molecular weight is 310 g/mol. The van der Waals surface area contributed by atoms with Crippen molar-refractivity contribution in [3.8, 4) is 0 Å². The van der Waals surface area contributed by atoms with Gasteiger partial charge in [-0.25, -0.2) is 4.98 Å². The van der Waals surface area contributed by atoms with Crippen molar-refractivity contribution in [2.45, 2.75) is 51.4 Å². The van der Waals surface area contributed by atoms with Crippen LogP contribution in [0, 0.1) is 0 Å². The Morgan fingerprint density at radius 1 is 1.30 bits per heavy atom. The lowest BCUT2D eigenvalue weighted by Crippen LogP contribution is -2.44. The summed E-state index contributed by atoms with van der Waals surface area (Å²) >= 11 is 0.677. The lowest BCUT2D eigenvalue weighted by Gasteiger charge is -2.38. The number of nitrogens with zero attached hydrogens (tertiary/aromatic N) is 1. The zero-order chi connectivity index (χ0) is 15.4. The van der Waals surface area contributed by atoms with Gasteiger partial charge in [0.15, 0.2) is 5.01 Å². The number of hydrogen-bond donors (Lipinski definition) is 1. The predicted molar refractivity (Wildman–Crippen MR) is 73.9 cm³/mol. The molecule has 0 aromatic carbocycles. The van der Waals surface area contributed by atoms with Crippen LogP contribution in [0.4, 0.5) is 13.2 Å². The zero-order valence-corrected chi connectivity index (χ0v) is 13.0. The van der Waals surface area contributed by atoms with Crippen LogP contribution in [0.3, 0.4) is 0 Å². The number of aromatic nitrogens is 1. The molecule has 0 saturated carbocycles. The van der Waals surface area contributed by atoms with E-state index < -0.39 is 16.8 Å². The summed E-state index contributed by atoms with van der Waals surface area (Å²) in [5, 5.41) is 2.27. The highest BCUT2D eigenvalue weighted by Crippen LogP contribution is 2.40. The van der Waals surface area contributed by atoms with E-state index in [1.165, 1.54) is 6.20 Å². The van der Waals surface area contributed by atoms with Crippen molar-refractivity contribution in [3.05, 3.63) is 16.1 Å². The van der Waals surface area contributed by atoms with E-state index in [-0.39, 0.29) is 6.04 Å². The zero-order valence-electron chi connectivity index (χ0n) is 12.2. The number of ether oxygens (including phenoxy) is 1. The number of halogens is 3. The smallest absolute Gasteiger partial charge is 0.373 e. The van der Waals surface area contributed by atoms with Crippen LogP contribution in [0.2, 0.25) is 0 Å². The second-order valence-corrected chi connectivity index (χ2v) is 5.55. The number of likely N-dealkylation sites (N-methyl/N-ethyl adjacent to an activating group) is 1. The van der Waals surface area contributed by atoms with E-state index in [1.807, 2.05) is 20.8 Å². The molecule has 0 saturated heterocycles. The lowest BCUT2D eigenvalue weighted by molar-refractivity contribution is -0.137. The Morgan fingerprint density at radius 2 is 1.90 bits per heavy atom. The SMILES string of the molecule is CCOC(CC)(CC)C(NC)c1cnc(C(F)(F)F)s1. The molecule has 0 spiro atoms. The monoisotopic (exact) mass is 310 g/mol. The molecule has 1 unspecified atom stereocenters. The van der Waals surface area contributed by atoms with Gasteiger partial charge in [0.25, 0.3) is 0 Å². The van der Waals surface area contributed by atoms with E-state index in [9.17, 15) is 13.2 Å². The fraction of sp³-hybridized carbons (Fsp3) is 0.769. The van der Waals surface area contributed by atoms with Gasteiger partial charge in [0.2, 0.25) is 0 Å². The molecule has 3 nitrogen and oxygen atoms in total. The molecule has 1 rings (SSSR count). The van der Waals surface area contributed by atoms with Crippen LogP contribution in [0.25, 0.3) is 0 Å². The highest BCUT2D eigenvalue weighted by molar-refractivity contribution is 7.11. The van der Waals surface area contributed by atoms with Crippen LogP contribution in [0.5, 0.6) is 0 Å². The summed E-state index contributed by atoms with van der Waals surface area (Å²) in [6.07, 6.45) is -1.67. The molecule has 1 N–H and O–H groups in total. The number of thiazole rings is 1.